The van der Waals surface area contributed by atoms with E-state index in [0.29, 0.717) is 22.7 Å². The third kappa shape index (κ3) is 4.74. The molecule has 0 saturated carbocycles. The Morgan fingerprint density at radius 1 is 1.03 bits per heavy atom. The van der Waals surface area contributed by atoms with E-state index in [-0.39, 0.29) is 5.82 Å². The number of hydrogen-bond acceptors (Lipinski definition) is 7. The van der Waals surface area contributed by atoms with Crippen molar-refractivity contribution in [2.75, 3.05) is 12.1 Å². The highest BCUT2D eigenvalue weighted by Crippen LogP contribution is 2.37. The van der Waals surface area contributed by atoms with Crippen LogP contribution in [0.3, 0.4) is 0 Å². The Balaban J connectivity index is 1.81. The van der Waals surface area contributed by atoms with Crippen LogP contribution < -0.4 is 16.5 Å². The van der Waals surface area contributed by atoms with Crippen LogP contribution in [0, 0.1) is 0 Å². The van der Waals surface area contributed by atoms with Crippen molar-refractivity contribution in [1.29, 1.82) is 0 Å². The molecule has 2 atom stereocenters. The van der Waals surface area contributed by atoms with E-state index in [1.807, 2.05) is 60.7 Å². The van der Waals surface area contributed by atoms with Crippen LogP contribution in [0.25, 0.3) is 11.3 Å². The smallest absolute Gasteiger partial charge is 0.328 e. The summed E-state index contributed by atoms with van der Waals surface area (Å²) in [7, 11) is 1.53. The molecular formula is C24H24F3N5O2. The Morgan fingerprint density at radius 3 is 2.26 bits per heavy atom. The molecule has 0 saturated heterocycles. The number of fused-ring (bicyclic) bond motifs is 1. The van der Waals surface area contributed by atoms with Crippen molar-refractivity contribution < 1.29 is 22.8 Å². The van der Waals surface area contributed by atoms with Gasteiger partial charge in [0.05, 0.1) is 11.9 Å². The van der Waals surface area contributed by atoms with Gasteiger partial charge in [0.25, 0.3) is 0 Å². The monoisotopic (exact) mass is 471 g/mol. The molecule has 1 aromatic heterocycles. The van der Waals surface area contributed by atoms with E-state index < -0.39 is 24.6 Å². The molecule has 4 N–H and O–H groups in total. The number of hydroxylamine groups is 1. The minimum Gasteiger partial charge on any atom is -0.328 e. The van der Waals surface area contributed by atoms with Gasteiger partial charge in [0.1, 0.15) is 0 Å². The molecule has 0 fully saturated rings. The predicted octanol–water partition coefficient (Wildman–Crippen LogP) is 3.51. The molecule has 2 unspecified atom stereocenters. The van der Waals surface area contributed by atoms with E-state index >= 15 is 0 Å². The molecule has 0 amide bonds. The van der Waals surface area contributed by atoms with Crippen molar-refractivity contribution in [1.82, 2.24) is 9.88 Å². The number of anilines is 1. The Morgan fingerprint density at radius 2 is 1.65 bits per heavy atom. The van der Waals surface area contributed by atoms with E-state index in [0.717, 1.165) is 23.1 Å². The zero-order valence-electron chi connectivity index (χ0n) is 18.4. The Kier molecular flexibility index (Phi) is 6.56. The fraction of sp³-hybridized carbons (Fsp3) is 0.250. The Hall–Kier alpha value is -3.47. The first-order valence-electron chi connectivity index (χ1n) is 10.6. The number of alkyl halides is 3. The van der Waals surface area contributed by atoms with Gasteiger partial charge in [-0.3, -0.25) is 10.6 Å². The van der Waals surface area contributed by atoms with Gasteiger partial charge in [-0.15, -0.1) is 0 Å². The number of rotatable bonds is 5. The number of nitrogens with zero attached hydrogens (tertiary/aromatic N) is 3. The number of aromatic nitrogens is 1. The molecule has 34 heavy (non-hydrogen) atoms. The predicted molar refractivity (Wildman–Crippen MR) is 121 cm³/mol. The summed E-state index contributed by atoms with van der Waals surface area (Å²) >= 11 is 0. The molecule has 0 radical (unpaired) electrons. The van der Waals surface area contributed by atoms with Crippen LogP contribution in [0.1, 0.15) is 22.9 Å². The van der Waals surface area contributed by atoms with Gasteiger partial charge in [-0.2, -0.15) is 18.2 Å². The number of carbonyl (C=O) groups excluding carboxylic acids is 1. The molecule has 0 aliphatic carbocycles. The van der Waals surface area contributed by atoms with Gasteiger partial charge in [0.2, 0.25) is 0 Å². The average Bonchev–Trinajstić information content (AvgIpc) is 2.84. The molecule has 4 rings (SSSR count). The number of hydrogen-bond donors (Lipinski definition) is 2. The van der Waals surface area contributed by atoms with Gasteiger partial charge >= 0.3 is 12.1 Å². The molecule has 10 heteroatoms. The van der Waals surface area contributed by atoms with Crippen molar-refractivity contribution in [3.63, 3.8) is 0 Å². The topological polar surface area (TPSA) is 97.7 Å². The van der Waals surface area contributed by atoms with Gasteiger partial charge < -0.3 is 10.6 Å². The highest BCUT2D eigenvalue weighted by atomic mass is 19.4. The molecule has 2 heterocycles. The fourth-order valence-electron chi connectivity index (χ4n) is 3.83. The SMILES string of the molecule is CN1C(N)c2cc(CCc3ccccc3)c(-c3ccccc3)nc2N(OC(=O)C(F)(F)F)C1N. The lowest BCUT2D eigenvalue weighted by Gasteiger charge is -2.42. The van der Waals surface area contributed by atoms with Crippen LogP contribution in [0.15, 0.2) is 66.7 Å². The lowest BCUT2D eigenvalue weighted by atomic mass is 9.96. The largest absolute Gasteiger partial charge is 0.493 e. The van der Waals surface area contributed by atoms with E-state index in [4.69, 9.17) is 11.5 Å². The summed E-state index contributed by atoms with van der Waals surface area (Å²) in [5.74, 6) is -2.42. The maximum Gasteiger partial charge on any atom is 0.493 e. The van der Waals surface area contributed by atoms with Crippen molar-refractivity contribution in [2.45, 2.75) is 31.5 Å². The number of pyridine rings is 1. The third-order valence-electron chi connectivity index (χ3n) is 5.72. The summed E-state index contributed by atoms with van der Waals surface area (Å²) in [4.78, 5) is 22.3. The van der Waals surface area contributed by atoms with Crippen LogP contribution in [0.2, 0.25) is 0 Å². The second-order valence-corrected chi connectivity index (χ2v) is 7.99. The average molecular weight is 471 g/mol. The standard InChI is InChI=1S/C24H24F3N5O2/c1-31-20(28)18-14-17(13-12-15-8-4-2-5-9-15)19(16-10-6-3-7-11-16)30-21(18)32(23(31)29)34-22(33)24(25,26)27/h2-11,14,20,23H,12-13,28-29H2,1H3. The van der Waals surface area contributed by atoms with E-state index in [1.54, 1.807) is 6.07 Å². The zero-order chi connectivity index (χ0) is 24.5. The first-order valence-corrected chi connectivity index (χ1v) is 10.6. The molecule has 7 nitrogen and oxygen atoms in total. The first-order chi connectivity index (χ1) is 16.2. The first kappa shape index (κ1) is 23.7. The number of aryl methyl sites for hydroxylation is 2. The second kappa shape index (κ2) is 9.41. The maximum atomic E-state index is 13.0. The minimum atomic E-state index is -5.20. The summed E-state index contributed by atoms with van der Waals surface area (Å²) < 4.78 is 38.9. The molecular weight excluding hydrogens is 447 g/mol. The van der Waals surface area contributed by atoms with Gasteiger partial charge in [-0.05, 0) is 37.1 Å². The van der Waals surface area contributed by atoms with Gasteiger partial charge in [-0.25, -0.2) is 9.78 Å². The summed E-state index contributed by atoms with van der Waals surface area (Å²) in [5, 5.41) is 0.669. The number of benzene rings is 2. The fourth-order valence-corrected chi connectivity index (χ4v) is 3.83. The number of nitrogens with two attached hydrogens (primary N) is 2. The van der Waals surface area contributed by atoms with E-state index in [1.165, 1.54) is 11.9 Å². The van der Waals surface area contributed by atoms with Crippen LogP contribution in [0.4, 0.5) is 19.0 Å². The summed E-state index contributed by atoms with van der Waals surface area (Å²) in [6, 6.07) is 20.9. The highest BCUT2D eigenvalue weighted by Gasteiger charge is 2.46. The molecule has 3 aromatic rings. The van der Waals surface area contributed by atoms with E-state index in [9.17, 15) is 18.0 Å². The van der Waals surface area contributed by atoms with E-state index in [2.05, 4.69) is 9.82 Å². The molecule has 2 aromatic carbocycles. The van der Waals surface area contributed by atoms with Crippen molar-refractivity contribution in [2.24, 2.45) is 11.5 Å². The number of halogens is 3. The van der Waals surface area contributed by atoms with Crippen molar-refractivity contribution >= 4 is 11.8 Å². The quantitative estimate of drug-likeness (QED) is 0.588. The van der Waals surface area contributed by atoms with Gasteiger partial charge in [-0.1, -0.05) is 60.7 Å². The zero-order valence-corrected chi connectivity index (χ0v) is 18.4. The van der Waals surface area contributed by atoms with Crippen LogP contribution >= 0.6 is 0 Å². The lowest BCUT2D eigenvalue weighted by Crippen LogP contribution is -2.60. The maximum absolute atomic E-state index is 13.0. The molecule has 0 spiro atoms. The molecule has 1 aliphatic rings. The molecule has 0 bridgehead atoms. The van der Waals surface area contributed by atoms with Gasteiger partial charge in [0, 0.05) is 11.1 Å². The molecule has 1 aliphatic heterocycles. The summed E-state index contributed by atoms with van der Waals surface area (Å²) in [6.07, 6.45) is -5.90. The van der Waals surface area contributed by atoms with Crippen LogP contribution in [0.5, 0.6) is 0 Å². The second-order valence-electron chi connectivity index (χ2n) is 7.99. The normalized spacial score (nSPS) is 18.5. The Bertz CT molecular complexity index is 1160. The molecule has 178 valence electrons. The summed E-state index contributed by atoms with van der Waals surface area (Å²) in [6.45, 7) is 0. The highest BCUT2D eigenvalue weighted by molar-refractivity contribution is 5.77. The van der Waals surface area contributed by atoms with Crippen LogP contribution in [-0.2, 0) is 22.5 Å². The van der Waals surface area contributed by atoms with Crippen molar-refractivity contribution in [3.8, 4) is 11.3 Å². The van der Waals surface area contributed by atoms with Gasteiger partial charge in [0.15, 0.2) is 12.1 Å². The lowest BCUT2D eigenvalue weighted by molar-refractivity contribution is -0.204. The Labute approximate surface area is 194 Å². The minimum absolute atomic E-state index is 0.0296. The number of carbonyl (C=O) groups is 1. The van der Waals surface area contributed by atoms with Crippen molar-refractivity contribution in [3.05, 3.63) is 83.4 Å². The van der Waals surface area contributed by atoms with Crippen LogP contribution in [-0.4, -0.2) is 35.4 Å². The third-order valence-corrected chi connectivity index (χ3v) is 5.72. The summed E-state index contributed by atoms with van der Waals surface area (Å²) in [5.41, 5.74) is 16.1.